The minimum atomic E-state index is -1.23. The number of H-pyrrole nitrogens is 1. The summed E-state index contributed by atoms with van der Waals surface area (Å²) in [6.45, 7) is 0. The smallest absolute Gasteiger partial charge is 0.333 e. The summed E-state index contributed by atoms with van der Waals surface area (Å²) in [5.74, 6) is -3.04. The molecule has 10 heteroatoms. The van der Waals surface area contributed by atoms with Crippen LogP contribution < -0.4 is 11.2 Å². The predicted octanol–water partition coefficient (Wildman–Crippen LogP) is -1.11. The summed E-state index contributed by atoms with van der Waals surface area (Å²) >= 11 is 4.70. The lowest BCUT2D eigenvalue weighted by molar-refractivity contribution is -0.133. The average Bonchev–Trinajstić information content (AvgIpc) is 2.21. The summed E-state index contributed by atoms with van der Waals surface area (Å²) in [6, 6.07) is 0. The second-order valence-corrected chi connectivity index (χ2v) is 3.49. The molecule has 0 unspecified atom stereocenters. The van der Waals surface area contributed by atoms with Crippen LogP contribution >= 0.6 is 12.2 Å². The van der Waals surface area contributed by atoms with Gasteiger partial charge < -0.3 is 4.74 Å². The Bertz CT molecular complexity index is 638. The summed E-state index contributed by atoms with van der Waals surface area (Å²) in [4.78, 5) is 34.5. The Labute approximate surface area is 106 Å². The van der Waals surface area contributed by atoms with Crippen LogP contribution in [-0.4, -0.2) is 34.2 Å². The number of hydrogen-bond donors (Lipinski definition) is 2. The standard InChI is InChI=1S/C8H5BFN3O4S/c9-7(11)17-5(14)1-4(18)13-2-3(10)6(15)12-8(13)16/h2,11H,1H2,(H,12,15,16). The third kappa shape index (κ3) is 3.45. The minimum absolute atomic E-state index is 0.304. The highest BCUT2D eigenvalue weighted by Gasteiger charge is 2.13. The Morgan fingerprint density at radius 1 is 1.61 bits per heavy atom. The Morgan fingerprint density at radius 3 is 2.78 bits per heavy atom. The van der Waals surface area contributed by atoms with E-state index in [1.54, 1.807) is 4.98 Å². The van der Waals surface area contributed by atoms with Gasteiger partial charge >= 0.3 is 11.7 Å². The van der Waals surface area contributed by atoms with Gasteiger partial charge in [-0.2, -0.15) is 4.39 Å². The summed E-state index contributed by atoms with van der Waals surface area (Å²) < 4.78 is 17.7. The van der Waals surface area contributed by atoms with Crippen molar-refractivity contribution in [3.8, 4) is 0 Å². The quantitative estimate of drug-likeness (QED) is 0.233. The fourth-order valence-corrected chi connectivity index (χ4v) is 1.25. The molecule has 1 aromatic rings. The molecule has 92 valence electrons. The molecule has 0 bridgehead atoms. The molecule has 2 radical (unpaired) electrons. The van der Waals surface area contributed by atoms with E-state index in [0.29, 0.717) is 10.8 Å². The van der Waals surface area contributed by atoms with E-state index in [1.807, 2.05) is 0 Å². The van der Waals surface area contributed by atoms with E-state index in [0.717, 1.165) is 0 Å². The number of aromatic amines is 1. The van der Waals surface area contributed by atoms with Crippen molar-refractivity contribution >= 4 is 36.8 Å². The van der Waals surface area contributed by atoms with E-state index < -0.39 is 35.3 Å². The van der Waals surface area contributed by atoms with Gasteiger partial charge in [-0.1, -0.05) is 12.2 Å². The largest absolute Gasteiger partial charge is 0.424 e. The molecule has 1 rings (SSSR count). The summed E-state index contributed by atoms with van der Waals surface area (Å²) in [5, 5.41) is 6.69. The molecule has 0 aliphatic rings. The summed E-state index contributed by atoms with van der Waals surface area (Å²) in [7, 11) is 4.80. The van der Waals surface area contributed by atoms with Crippen molar-refractivity contribution in [3.05, 3.63) is 32.9 Å². The van der Waals surface area contributed by atoms with Crippen LogP contribution in [0.15, 0.2) is 15.8 Å². The van der Waals surface area contributed by atoms with Crippen molar-refractivity contribution in [1.29, 1.82) is 5.41 Å². The summed E-state index contributed by atoms with van der Waals surface area (Å²) in [6.07, 6.45) is -0.00908. The van der Waals surface area contributed by atoms with E-state index in [1.165, 1.54) is 0 Å². The maximum Gasteiger partial charge on any atom is 0.333 e. The molecule has 0 atom stereocenters. The first-order valence-electron chi connectivity index (χ1n) is 4.40. The van der Waals surface area contributed by atoms with E-state index in [2.05, 4.69) is 4.74 Å². The van der Waals surface area contributed by atoms with Crippen LogP contribution in [0.5, 0.6) is 0 Å². The van der Waals surface area contributed by atoms with E-state index in [4.69, 9.17) is 25.5 Å². The zero-order valence-corrected chi connectivity index (χ0v) is 9.54. The van der Waals surface area contributed by atoms with Gasteiger partial charge in [0.1, 0.15) is 10.8 Å². The lowest BCUT2D eigenvalue weighted by Gasteiger charge is -2.06. The first kappa shape index (κ1) is 14.0. The second-order valence-electron chi connectivity index (χ2n) is 3.02. The number of rotatable bonds is 2. The molecule has 0 aromatic carbocycles. The van der Waals surface area contributed by atoms with Crippen molar-refractivity contribution < 1.29 is 13.9 Å². The first-order chi connectivity index (χ1) is 8.31. The number of aromatic nitrogens is 2. The number of carbonyl (C=O) groups excluding carboxylic acids is 1. The number of nitrogens with zero attached hydrogens (tertiary/aromatic N) is 1. The zero-order valence-electron chi connectivity index (χ0n) is 8.73. The predicted molar refractivity (Wildman–Crippen MR) is 63.5 cm³/mol. The van der Waals surface area contributed by atoms with Crippen molar-refractivity contribution in [1.82, 2.24) is 9.55 Å². The number of nitrogens with one attached hydrogen (secondary N) is 2. The Hall–Kier alpha value is -2.10. The van der Waals surface area contributed by atoms with E-state index in [-0.39, 0.29) is 4.99 Å². The third-order valence-electron chi connectivity index (χ3n) is 1.69. The van der Waals surface area contributed by atoms with Crippen LogP contribution in [0.4, 0.5) is 4.39 Å². The zero-order chi connectivity index (χ0) is 13.9. The number of ether oxygens (including phenoxy) is 1. The monoisotopic (exact) mass is 269 g/mol. The Morgan fingerprint density at radius 2 is 2.22 bits per heavy atom. The van der Waals surface area contributed by atoms with Crippen molar-refractivity contribution in [2.45, 2.75) is 6.42 Å². The molecule has 0 fully saturated rings. The van der Waals surface area contributed by atoms with Crippen LogP contribution in [0, 0.1) is 11.2 Å². The van der Waals surface area contributed by atoms with Crippen LogP contribution in [0.1, 0.15) is 6.42 Å². The SMILES string of the molecule is [B]C(=N)OC(=O)CC(=S)n1cc(F)c(=O)[nH]c1=O. The molecule has 1 heterocycles. The number of thiocarbonyl (C=S) groups is 1. The highest BCUT2D eigenvalue weighted by atomic mass is 32.1. The lowest BCUT2D eigenvalue weighted by Crippen LogP contribution is -2.35. The minimum Gasteiger partial charge on any atom is -0.424 e. The average molecular weight is 269 g/mol. The third-order valence-corrected chi connectivity index (χ3v) is 2.03. The molecule has 0 aliphatic heterocycles. The maximum atomic E-state index is 12.9. The molecule has 0 amide bonds. The molecule has 18 heavy (non-hydrogen) atoms. The van der Waals surface area contributed by atoms with Crippen LogP contribution in [0.3, 0.4) is 0 Å². The molecule has 0 saturated carbocycles. The molecule has 0 saturated heterocycles. The van der Waals surface area contributed by atoms with Gasteiger partial charge in [-0.3, -0.25) is 24.5 Å². The van der Waals surface area contributed by atoms with Gasteiger partial charge in [0.2, 0.25) is 5.82 Å². The molecular formula is C8H5BFN3O4S. The number of halogens is 1. The Balaban J connectivity index is 2.95. The molecule has 2 N–H and O–H groups in total. The van der Waals surface area contributed by atoms with E-state index >= 15 is 0 Å². The van der Waals surface area contributed by atoms with Crippen molar-refractivity contribution in [2.75, 3.05) is 0 Å². The summed E-state index contributed by atoms with van der Waals surface area (Å²) in [5.41, 5.74) is -2.17. The van der Waals surface area contributed by atoms with E-state index in [9.17, 15) is 18.8 Å². The van der Waals surface area contributed by atoms with Crippen molar-refractivity contribution in [3.63, 3.8) is 0 Å². The van der Waals surface area contributed by atoms with Crippen LogP contribution in [0.25, 0.3) is 0 Å². The molecule has 0 aliphatic carbocycles. The highest BCUT2D eigenvalue weighted by molar-refractivity contribution is 7.80. The van der Waals surface area contributed by atoms with Gasteiger partial charge in [0.05, 0.1) is 12.6 Å². The number of carbonyl (C=O) groups is 1. The van der Waals surface area contributed by atoms with Crippen LogP contribution in [0.2, 0.25) is 0 Å². The van der Waals surface area contributed by atoms with Gasteiger partial charge in [-0.25, -0.2) is 4.79 Å². The topological polar surface area (TPSA) is 105 Å². The van der Waals surface area contributed by atoms with Crippen LogP contribution in [-0.2, 0) is 9.53 Å². The molecule has 7 nitrogen and oxygen atoms in total. The number of esters is 1. The highest BCUT2D eigenvalue weighted by Crippen LogP contribution is 1.94. The number of hydrogen-bond acceptors (Lipinski definition) is 6. The van der Waals surface area contributed by atoms with Gasteiger partial charge in [-0.05, 0) is 0 Å². The Kier molecular flexibility index (Phi) is 4.26. The maximum absolute atomic E-state index is 12.9. The molecular weight excluding hydrogens is 264 g/mol. The van der Waals surface area contributed by atoms with Gasteiger partial charge in [0.15, 0.2) is 7.85 Å². The van der Waals surface area contributed by atoms with Gasteiger partial charge in [-0.15, -0.1) is 0 Å². The molecule has 0 spiro atoms. The fourth-order valence-electron chi connectivity index (χ4n) is 1.00. The molecule has 1 aromatic heterocycles. The van der Waals surface area contributed by atoms with Gasteiger partial charge in [0, 0.05) is 0 Å². The fraction of sp³-hybridized carbons (Fsp3) is 0.125. The van der Waals surface area contributed by atoms with Crippen molar-refractivity contribution in [2.24, 2.45) is 0 Å². The normalized spacial score (nSPS) is 9.83. The second kappa shape index (κ2) is 5.49. The van der Waals surface area contributed by atoms with Gasteiger partial charge in [0.25, 0.3) is 5.56 Å². The first-order valence-corrected chi connectivity index (χ1v) is 4.81. The lowest BCUT2D eigenvalue weighted by atomic mass is 10.2.